The summed E-state index contributed by atoms with van der Waals surface area (Å²) in [4.78, 5) is 41.4. The number of hydrogen-bond donors (Lipinski definition) is 8. The summed E-state index contributed by atoms with van der Waals surface area (Å²) >= 11 is 0. The molecule has 0 saturated carbocycles. The Hall–Kier alpha value is -4.68. The summed E-state index contributed by atoms with van der Waals surface area (Å²) in [6.45, 7) is 0. The number of phenols is 4. The Labute approximate surface area is 205 Å². The van der Waals surface area contributed by atoms with Gasteiger partial charge in [-0.05, 0) is 72.5 Å². The number of phenolic OH excluding ortho intramolecular Hbond substituents is 4. The first-order chi connectivity index (χ1) is 16.8. The first-order valence-corrected chi connectivity index (χ1v) is 10.2. The summed E-state index contributed by atoms with van der Waals surface area (Å²) in [5.74, 6) is -3.47. The minimum atomic E-state index is -1.10. The summed E-state index contributed by atoms with van der Waals surface area (Å²) in [5.41, 5.74) is 11.7. The largest absolute Gasteiger partial charge is 0.504 e. The third-order valence-corrected chi connectivity index (χ3v) is 4.45. The van der Waals surface area contributed by atoms with Crippen LogP contribution in [0.5, 0.6) is 23.0 Å². The quantitative estimate of drug-likeness (QED) is 0.197. The van der Waals surface area contributed by atoms with Crippen molar-refractivity contribution in [2.24, 2.45) is 11.5 Å². The van der Waals surface area contributed by atoms with Gasteiger partial charge < -0.3 is 42.1 Å². The fourth-order valence-electron chi connectivity index (χ4n) is 2.51. The summed E-state index contributed by atoms with van der Waals surface area (Å²) in [5, 5.41) is 53.3. The Bertz CT molecular complexity index is 1070. The number of ketones is 2. The lowest BCUT2D eigenvalue weighted by atomic mass is 10.1. The number of hydrogen-bond acceptors (Lipinski definition) is 10. The molecule has 0 fully saturated rings. The zero-order valence-electron chi connectivity index (χ0n) is 18.8. The number of carbonyl (C=O) groups excluding carboxylic acids is 2. The van der Waals surface area contributed by atoms with E-state index in [1.807, 2.05) is 0 Å². The molecule has 0 amide bonds. The molecule has 192 valence electrons. The van der Waals surface area contributed by atoms with Gasteiger partial charge in [0.1, 0.15) is 12.1 Å². The number of aliphatic carboxylic acids is 2. The molecule has 10 N–H and O–H groups in total. The van der Waals surface area contributed by atoms with Gasteiger partial charge in [-0.2, -0.15) is 0 Å². The maximum Gasteiger partial charge on any atom is 0.320 e. The van der Waals surface area contributed by atoms with Crippen molar-refractivity contribution >= 4 is 23.5 Å². The number of rotatable bonds is 6. The van der Waals surface area contributed by atoms with Gasteiger partial charge in [0, 0.05) is 0 Å². The van der Waals surface area contributed by atoms with Gasteiger partial charge in [-0.3, -0.25) is 19.2 Å². The fourth-order valence-corrected chi connectivity index (χ4v) is 2.51. The van der Waals surface area contributed by atoms with Crippen LogP contribution in [0.25, 0.3) is 0 Å². The molecule has 12 heteroatoms. The lowest BCUT2D eigenvalue weighted by molar-refractivity contribution is -0.139. The SMILES string of the molecule is NC(Cc1ccc(O)c(O)c1)C(=O)O.NC(Cc1ccc(O)c(O)c1)C(=O)O.O=C1C=CC(=O)C=C1. The van der Waals surface area contributed by atoms with E-state index in [9.17, 15) is 19.2 Å². The van der Waals surface area contributed by atoms with Gasteiger partial charge in [-0.1, -0.05) is 12.1 Å². The van der Waals surface area contributed by atoms with Crippen LogP contribution in [-0.2, 0) is 32.0 Å². The molecule has 0 spiro atoms. The normalized spacial score (nSPS) is 13.5. The summed E-state index contributed by atoms with van der Waals surface area (Å²) < 4.78 is 0. The highest BCUT2D eigenvalue weighted by atomic mass is 16.4. The average Bonchev–Trinajstić information content (AvgIpc) is 2.81. The van der Waals surface area contributed by atoms with Crippen molar-refractivity contribution in [3.8, 4) is 23.0 Å². The lowest BCUT2D eigenvalue weighted by Crippen LogP contribution is -2.32. The molecule has 0 heterocycles. The molecule has 12 nitrogen and oxygen atoms in total. The van der Waals surface area contributed by atoms with Crippen LogP contribution in [0.3, 0.4) is 0 Å². The molecule has 0 radical (unpaired) electrons. The van der Waals surface area contributed by atoms with Gasteiger partial charge in [0.05, 0.1) is 0 Å². The number of allylic oxidation sites excluding steroid dienone is 4. The highest BCUT2D eigenvalue weighted by Crippen LogP contribution is 2.26. The van der Waals surface area contributed by atoms with Gasteiger partial charge in [-0.15, -0.1) is 0 Å². The van der Waals surface area contributed by atoms with Crippen molar-refractivity contribution in [1.29, 1.82) is 0 Å². The molecular formula is C24H26N2O10. The molecule has 2 aromatic rings. The van der Waals surface area contributed by atoms with E-state index >= 15 is 0 Å². The average molecular weight is 502 g/mol. The van der Waals surface area contributed by atoms with Crippen molar-refractivity contribution in [2.45, 2.75) is 24.9 Å². The maximum absolute atomic E-state index is 10.4. The molecule has 2 aromatic carbocycles. The molecule has 0 aromatic heterocycles. The summed E-state index contributed by atoms with van der Waals surface area (Å²) in [6.07, 6.45) is 5.24. The van der Waals surface area contributed by atoms with Crippen LogP contribution >= 0.6 is 0 Å². The molecule has 0 aliphatic heterocycles. The van der Waals surface area contributed by atoms with Crippen molar-refractivity contribution < 1.29 is 49.8 Å². The highest BCUT2D eigenvalue weighted by Gasteiger charge is 2.13. The number of carbonyl (C=O) groups is 4. The molecular weight excluding hydrogens is 476 g/mol. The first kappa shape index (κ1) is 29.4. The Balaban J connectivity index is 0.000000281. The van der Waals surface area contributed by atoms with Gasteiger partial charge in [0.25, 0.3) is 0 Å². The first-order valence-electron chi connectivity index (χ1n) is 10.2. The number of carboxylic acid groups (broad SMARTS) is 2. The summed E-state index contributed by atoms with van der Waals surface area (Å²) in [6, 6.07) is 6.18. The van der Waals surface area contributed by atoms with Crippen LogP contribution in [0.15, 0.2) is 60.7 Å². The monoisotopic (exact) mass is 502 g/mol. The predicted octanol–water partition coefficient (Wildman–Crippen LogP) is 0.355. The summed E-state index contributed by atoms with van der Waals surface area (Å²) in [7, 11) is 0. The van der Waals surface area contributed by atoms with Crippen LogP contribution in [0, 0.1) is 0 Å². The minimum absolute atomic E-state index is 0.114. The Morgan fingerprint density at radius 2 is 0.917 bits per heavy atom. The van der Waals surface area contributed by atoms with E-state index in [1.54, 1.807) is 0 Å². The van der Waals surface area contributed by atoms with E-state index in [4.69, 9.17) is 42.1 Å². The van der Waals surface area contributed by atoms with E-state index in [2.05, 4.69) is 0 Å². The van der Waals surface area contributed by atoms with Crippen molar-refractivity contribution in [2.75, 3.05) is 0 Å². The van der Waals surface area contributed by atoms with E-state index in [1.165, 1.54) is 60.7 Å². The molecule has 0 saturated heterocycles. The second kappa shape index (κ2) is 13.9. The van der Waals surface area contributed by atoms with Crippen LogP contribution in [0.2, 0.25) is 0 Å². The molecule has 2 unspecified atom stereocenters. The van der Waals surface area contributed by atoms with Crippen LogP contribution < -0.4 is 11.5 Å². The van der Waals surface area contributed by atoms with Gasteiger partial charge in [0.15, 0.2) is 34.6 Å². The fraction of sp³-hybridized carbons (Fsp3) is 0.167. The van der Waals surface area contributed by atoms with E-state index in [0.29, 0.717) is 11.1 Å². The van der Waals surface area contributed by atoms with Gasteiger partial charge in [-0.25, -0.2) is 0 Å². The molecule has 3 rings (SSSR count). The predicted molar refractivity (Wildman–Crippen MR) is 126 cm³/mol. The highest BCUT2D eigenvalue weighted by molar-refractivity contribution is 6.14. The van der Waals surface area contributed by atoms with Gasteiger partial charge >= 0.3 is 11.9 Å². The van der Waals surface area contributed by atoms with E-state index in [-0.39, 0.29) is 47.4 Å². The number of carboxylic acids is 2. The van der Waals surface area contributed by atoms with E-state index < -0.39 is 24.0 Å². The van der Waals surface area contributed by atoms with Crippen LogP contribution in [0.4, 0.5) is 0 Å². The number of aromatic hydroxyl groups is 4. The van der Waals surface area contributed by atoms with Crippen LogP contribution in [0.1, 0.15) is 11.1 Å². The van der Waals surface area contributed by atoms with Crippen LogP contribution in [-0.4, -0.2) is 66.2 Å². The molecule has 1 aliphatic carbocycles. The Kier molecular flexibility index (Phi) is 11.3. The molecule has 36 heavy (non-hydrogen) atoms. The zero-order valence-corrected chi connectivity index (χ0v) is 18.8. The van der Waals surface area contributed by atoms with E-state index in [0.717, 1.165) is 0 Å². The maximum atomic E-state index is 10.4. The molecule has 2 atom stereocenters. The minimum Gasteiger partial charge on any atom is -0.504 e. The van der Waals surface area contributed by atoms with Crippen molar-refractivity contribution in [1.82, 2.24) is 0 Å². The standard InChI is InChI=1S/2C9H11NO4.C6H4O2/c2*10-6(9(13)14)3-5-1-2-7(11)8(12)4-5;7-5-1-2-6(8)4-3-5/h2*1-2,4,6,11-12H,3,10H2,(H,13,14);1-4H. The third-order valence-electron chi connectivity index (χ3n) is 4.45. The second-order valence-electron chi connectivity index (χ2n) is 7.42. The molecule has 1 aliphatic rings. The number of benzene rings is 2. The Morgan fingerprint density at radius 1 is 0.611 bits per heavy atom. The second-order valence-corrected chi connectivity index (χ2v) is 7.42. The molecule has 0 bridgehead atoms. The zero-order chi connectivity index (χ0) is 27.4. The van der Waals surface area contributed by atoms with Gasteiger partial charge in [0.2, 0.25) is 0 Å². The van der Waals surface area contributed by atoms with Crippen molar-refractivity contribution in [3.05, 3.63) is 71.8 Å². The smallest absolute Gasteiger partial charge is 0.320 e. The third kappa shape index (κ3) is 10.5. The lowest BCUT2D eigenvalue weighted by Gasteiger charge is -2.06. The van der Waals surface area contributed by atoms with Crippen molar-refractivity contribution in [3.63, 3.8) is 0 Å². The topological polar surface area (TPSA) is 242 Å². The Morgan fingerprint density at radius 3 is 1.17 bits per heavy atom. The number of nitrogens with two attached hydrogens (primary N) is 2.